The summed E-state index contributed by atoms with van der Waals surface area (Å²) >= 11 is 0. The average molecular weight is 735 g/mol. The monoisotopic (exact) mass is 734 g/mol. The third-order valence-corrected chi connectivity index (χ3v) is 14.6. The number of amides is 1. The molecule has 0 saturated heterocycles. The molecule has 0 aliphatic carbocycles. The van der Waals surface area contributed by atoms with Gasteiger partial charge in [0.05, 0.1) is 22.8 Å². The van der Waals surface area contributed by atoms with Gasteiger partial charge in [-0.15, -0.1) is 0 Å². The molecule has 2 heterocycles. The van der Waals surface area contributed by atoms with Gasteiger partial charge in [-0.2, -0.15) is 0 Å². The highest BCUT2D eigenvalue weighted by atomic mass is 28.4. The highest BCUT2D eigenvalue weighted by Gasteiger charge is 2.39. The number of benzene rings is 4. The van der Waals surface area contributed by atoms with Gasteiger partial charge in [0.15, 0.2) is 13.9 Å². The SMILES string of the molecule is CC(C)(C)[Si](C)(C)O[C@H](CNCc1ccc2c(c1)oc(=O)n2CCCc1ccc(-c2ccccc2)c(NC(=O)O)c1)c1ccc(O)c2[nH]c(=O)ccc12. The number of rotatable bonds is 13. The molecule has 1 atom stereocenters. The van der Waals surface area contributed by atoms with Gasteiger partial charge < -0.3 is 29.4 Å². The van der Waals surface area contributed by atoms with Crippen LogP contribution in [0.5, 0.6) is 5.75 Å². The minimum atomic E-state index is -2.24. The van der Waals surface area contributed by atoms with Crippen molar-refractivity contribution >= 4 is 42.1 Å². The van der Waals surface area contributed by atoms with Crippen LogP contribution >= 0.6 is 0 Å². The molecule has 0 fully saturated rings. The van der Waals surface area contributed by atoms with Gasteiger partial charge in [0.25, 0.3) is 0 Å². The van der Waals surface area contributed by atoms with Crippen molar-refractivity contribution in [2.24, 2.45) is 0 Å². The number of pyridine rings is 1. The summed E-state index contributed by atoms with van der Waals surface area (Å²) in [5.41, 5.74) is 6.26. The number of fused-ring (bicyclic) bond motifs is 2. The Kier molecular flexibility index (Phi) is 10.8. The fourth-order valence-electron chi connectivity index (χ4n) is 6.34. The van der Waals surface area contributed by atoms with E-state index in [0.717, 1.165) is 33.2 Å². The Morgan fingerprint density at radius 2 is 1.72 bits per heavy atom. The number of H-pyrrole nitrogens is 1. The third-order valence-electron chi connectivity index (χ3n) is 10.1. The lowest BCUT2D eigenvalue weighted by atomic mass is 9.99. The molecule has 0 unspecified atom stereocenters. The number of aryl methyl sites for hydroxylation is 2. The van der Waals surface area contributed by atoms with Crippen molar-refractivity contribution in [1.82, 2.24) is 14.9 Å². The summed E-state index contributed by atoms with van der Waals surface area (Å²) in [6.07, 6.45) is -0.216. The summed E-state index contributed by atoms with van der Waals surface area (Å²) in [7, 11) is -2.24. The zero-order valence-corrected chi connectivity index (χ0v) is 31.7. The van der Waals surface area contributed by atoms with E-state index in [0.29, 0.717) is 54.8 Å². The van der Waals surface area contributed by atoms with E-state index >= 15 is 0 Å². The van der Waals surface area contributed by atoms with Crippen molar-refractivity contribution in [3.63, 3.8) is 0 Å². The second-order valence-corrected chi connectivity index (χ2v) is 19.6. The number of carbonyl (C=O) groups is 1. The predicted octanol–water partition coefficient (Wildman–Crippen LogP) is 8.38. The number of aromatic amines is 1. The molecule has 276 valence electrons. The fraction of sp³-hybridized carbons (Fsp3) is 0.293. The largest absolute Gasteiger partial charge is 0.506 e. The first-order valence-electron chi connectivity index (χ1n) is 17.7. The number of aromatic hydroxyl groups is 1. The van der Waals surface area contributed by atoms with Gasteiger partial charge in [-0.3, -0.25) is 14.7 Å². The molecule has 0 aliphatic rings. The molecule has 0 saturated carbocycles. The summed E-state index contributed by atoms with van der Waals surface area (Å²) in [6, 6.07) is 27.7. The Labute approximate surface area is 308 Å². The number of nitrogens with one attached hydrogen (secondary N) is 3. The molecule has 6 aromatic rings. The number of anilines is 1. The Morgan fingerprint density at radius 1 is 0.962 bits per heavy atom. The molecule has 11 nitrogen and oxygen atoms in total. The van der Waals surface area contributed by atoms with Gasteiger partial charge in [-0.1, -0.05) is 75.4 Å². The van der Waals surface area contributed by atoms with Crippen LogP contribution in [0.4, 0.5) is 10.5 Å². The summed E-state index contributed by atoms with van der Waals surface area (Å²) in [5.74, 6) is -0.431. The van der Waals surface area contributed by atoms with Gasteiger partial charge in [0.1, 0.15) is 5.75 Å². The third kappa shape index (κ3) is 8.46. The van der Waals surface area contributed by atoms with E-state index < -0.39 is 20.2 Å². The van der Waals surface area contributed by atoms with Crippen LogP contribution < -0.4 is 21.9 Å². The molecule has 0 spiro atoms. The van der Waals surface area contributed by atoms with Crippen LogP contribution in [0.2, 0.25) is 18.1 Å². The number of nitrogens with zero attached hydrogens (tertiary/aromatic N) is 1. The first-order chi connectivity index (χ1) is 25.2. The number of hydrogen-bond donors (Lipinski definition) is 5. The van der Waals surface area contributed by atoms with E-state index in [4.69, 9.17) is 8.84 Å². The maximum absolute atomic E-state index is 12.9. The second-order valence-electron chi connectivity index (χ2n) is 14.9. The Hall–Kier alpha value is -5.43. The number of phenolic OH excluding ortho intramolecular Hbond substituents is 1. The Morgan fingerprint density at radius 3 is 2.45 bits per heavy atom. The fourth-order valence-corrected chi connectivity index (χ4v) is 7.62. The van der Waals surface area contributed by atoms with E-state index in [1.807, 2.05) is 72.8 Å². The quantitative estimate of drug-likeness (QED) is 0.0741. The van der Waals surface area contributed by atoms with E-state index in [-0.39, 0.29) is 22.5 Å². The van der Waals surface area contributed by atoms with Crippen LogP contribution in [0.25, 0.3) is 33.1 Å². The maximum atomic E-state index is 12.9. The molecule has 5 N–H and O–H groups in total. The predicted molar refractivity (Wildman–Crippen MR) is 211 cm³/mol. The van der Waals surface area contributed by atoms with Crippen molar-refractivity contribution in [1.29, 1.82) is 0 Å². The highest BCUT2D eigenvalue weighted by molar-refractivity contribution is 6.74. The smallest absolute Gasteiger partial charge is 0.419 e. The van der Waals surface area contributed by atoms with E-state index in [1.165, 1.54) is 6.07 Å². The van der Waals surface area contributed by atoms with Crippen LogP contribution in [0, 0.1) is 0 Å². The molecule has 4 aromatic carbocycles. The zero-order valence-electron chi connectivity index (χ0n) is 30.7. The highest BCUT2D eigenvalue weighted by Crippen LogP contribution is 2.41. The topological polar surface area (TPSA) is 159 Å². The molecule has 0 radical (unpaired) electrons. The van der Waals surface area contributed by atoms with Gasteiger partial charge in [0.2, 0.25) is 5.56 Å². The van der Waals surface area contributed by atoms with Crippen LogP contribution in [-0.4, -0.2) is 40.7 Å². The molecular formula is C41H46N4O7Si. The lowest BCUT2D eigenvalue weighted by Gasteiger charge is -2.39. The van der Waals surface area contributed by atoms with Crippen LogP contribution in [-0.2, 0) is 23.9 Å². The number of oxazole rings is 1. The zero-order chi connectivity index (χ0) is 37.9. The molecule has 0 bridgehead atoms. The molecule has 1 amide bonds. The summed E-state index contributed by atoms with van der Waals surface area (Å²) in [5, 5.41) is 26.7. The summed E-state index contributed by atoms with van der Waals surface area (Å²) in [4.78, 5) is 39.3. The minimum Gasteiger partial charge on any atom is -0.506 e. The molecule has 0 aliphatic heterocycles. The number of hydrogen-bond acceptors (Lipinski definition) is 7. The summed E-state index contributed by atoms with van der Waals surface area (Å²) < 4.78 is 14.2. The normalized spacial score (nSPS) is 12.7. The lowest BCUT2D eigenvalue weighted by molar-refractivity contribution is 0.181. The second kappa shape index (κ2) is 15.3. The number of phenols is 1. The van der Waals surface area contributed by atoms with Crippen molar-refractivity contribution in [3.05, 3.63) is 129 Å². The standard InChI is InChI=1S/C41H46N4O7Si/c1-41(2,3)53(4,5)52-36(30-16-19-34(46)38-31(30)17-20-37(47)44-38)25-42-24-27-14-18-33-35(23-27)51-40(50)45(33)21-9-10-26-13-15-29(28-11-7-6-8-12-28)32(22-26)43-39(48)49/h6-8,11-20,22-23,36,42-43,46H,9-10,21,24-25H2,1-5H3,(H,44,47)(H,48,49)/t36-/m1/s1. The average Bonchev–Trinajstić information content (AvgIpc) is 3.41. The first-order valence-corrected chi connectivity index (χ1v) is 20.6. The molecule has 12 heteroatoms. The van der Waals surface area contributed by atoms with Crippen molar-refractivity contribution in [3.8, 4) is 16.9 Å². The van der Waals surface area contributed by atoms with Crippen LogP contribution in [0.1, 0.15) is 50.0 Å². The van der Waals surface area contributed by atoms with Gasteiger partial charge in [0, 0.05) is 36.7 Å². The lowest BCUT2D eigenvalue weighted by Crippen LogP contribution is -2.43. The van der Waals surface area contributed by atoms with Gasteiger partial charge in [-0.25, -0.2) is 9.59 Å². The van der Waals surface area contributed by atoms with E-state index in [9.17, 15) is 24.6 Å². The van der Waals surface area contributed by atoms with Crippen molar-refractivity contribution < 1.29 is 23.9 Å². The summed E-state index contributed by atoms with van der Waals surface area (Å²) in [6.45, 7) is 12.3. The maximum Gasteiger partial charge on any atom is 0.419 e. The number of carboxylic acid groups (broad SMARTS) is 1. The Bertz CT molecular complexity index is 2370. The van der Waals surface area contributed by atoms with Gasteiger partial charge >= 0.3 is 11.8 Å². The van der Waals surface area contributed by atoms with Crippen molar-refractivity contribution in [2.75, 3.05) is 11.9 Å². The van der Waals surface area contributed by atoms with Gasteiger partial charge in [-0.05, 0) is 83.6 Å². The van der Waals surface area contributed by atoms with E-state index in [1.54, 1.807) is 16.7 Å². The van der Waals surface area contributed by atoms with Crippen LogP contribution in [0.15, 0.2) is 105 Å². The molecule has 2 aromatic heterocycles. The number of aromatic nitrogens is 2. The molecule has 53 heavy (non-hydrogen) atoms. The first kappa shape index (κ1) is 37.3. The molecular weight excluding hydrogens is 689 g/mol. The molecule has 6 rings (SSSR count). The van der Waals surface area contributed by atoms with Crippen LogP contribution in [0.3, 0.4) is 0 Å². The Balaban J connectivity index is 1.15. The van der Waals surface area contributed by atoms with E-state index in [2.05, 4.69) is 49.5 Å². The minimum absolute atomic E-state index is 0.00175. The van der Waals surface area contributed by atoms with Crippen molar-refractivity contribution in [2.45, 2.75) is 70.9 Å².